The number of nitrogens with zero attached hydrogens (tertiary/aromatic N) is 2. The number of carbonyl (C=O) groups excluding carboxylic acids is 2. The highest BCUT2D eigenvalue weighted by molar-refractivity contribution is 5.87. The second-order valence-electron chi connectivity index (χ2n) is 6.95. The Labute approximate surface area is 158 Å². The summed E-state index contributed by atoms with van der Waals surface area (Å²) in [7, 11) is 0. The molecule has 1 fully saturated rings. The third-order valence-electron chi connectivity index (χ3n) is 5.09. The molecular weight excluding hydrogens is 347 g/mol. The molecule has 1 aliphatic heterocycles. The first kappa shape index (κ1) is 19.1. The van der Waals surface area contributed by atoms with E-state index in [0.717, 1.165) is 29.7 Å². The highest BCUT2D eigenvalue weighted by Gasteiger charge is 2.29. The predicted molar refractivity (Wildman–Crippen MR) is 100 cm³/mol. The van der Waals surface area contributed by atoms with E-state index in [0.29, 0.717) is 19.5 Å². The zero-order valence-electron chi connectivity index (χ0n) is 15.7. The molecule has 1 aromatic carbocycles. The molecule has 2 N–H and O–H groups in total. The number of amides is 2. The molecule has 2 aromatic rings. The van der Waals surface area contributed by atoms with Crippen LogP contribution in [0.25, 0.3) is 11.1 Å². The molecule has 2 heterocycles. The first-order valence-electron chi connectivity index (χ1n) is 9.37. The van der Waals surface area contributed by atoms with Crippen LogP contribution in [0.4, 0.5) is 4.39 Å². The molecule has 0 aliphatic carbocycles. The molecule has 1 aliphatic rings. The van der Waals surface area contributed by atoms with Gasteiger partial charge in [0.15, 0.2) is 0 Å². The van der Waals surface area contributed by atoms with E-state index in [1.165, 1.54) is 12.1 Å². The van der Waals surface area contributed by atoms with Crippen LogP contribution >= 0.6 is 0 Å². The fourth-order valence-electron chi connectivity index (χ4n) is 3.56. The van der Waals surface area contributed by atoms with E-state index in [1.54, 1.807) is 31.0 Å². The zero-order valence-corrected chi connectivity index (χ0v) is 15.7. The fraction of sp³-hybridized carbons (Fsp3) is 0.450. The van der Waals surface area contributed by atoms with Gasteiger partial charge in [-0.25, -0.2) is 4.39 Å². The molecule has 0 radical (unpaired) electrons. The SMILES string of the molecule is CCC(=O)NC(C)C(=O)N1CCC(c2[nH]ncc2-c2cccc(F)c2)CC1. The Balaban J connectivity index is 1.64. The van der Waals surface area contributed by atoms with Crippen LogP contribution in [0, 0.1) is 5.82 Å². The summed E-state index contributed by atoms with van der Waals surface area (Å²) in [6.45, 7) is 4.73. The molecule has 1 saturated heterocycles. The number of hydrogen-bond acceptors (Lipinski definition) is 3. The Kier molecular flexibility index (Phi) is 5.88. The third kappa shape index (κ3) is 4.35. The zero-order chi connectivity index (χ0) is 19.4. The standard InChI is InChI=1S/C20H25FN4O2/c1-3-18(26)23-13(2)20(27)25-9-7-14(8-10-25)19-17(12-22-24-19)15-5-4-6-16(21)11-15/h4-6,11-14H,3,7-10H2,1-2H3,(H,22,24)(H,23,26). The van der Waals surface area contributed by atoms with Crippen molar-refractivity contribution in [3.05, 3.63) is 42.0 Å². The van der Waals surface area contributed by atoms with Gasteiger partial charge in [-0.05, 0) is 37.5 Å². The molecule has 0 spiro atoms. The summed E-state index contributed by atoms with van der Waals surface area (Å²) in [6.07, 6.45) is 3.68. The molecule has 6 nitrogen and oxygen atoms in total. The van der Waals surface area contributed by atoms with Crippen LogP contribution in [0.1, 0.15) is 44.7 Å². The number of hydrogen-bond donors (Lipinski definition) is 2. The lowest BCUT2D eigenvalue weighted by molar-refractivity contribution is -0.136. The van der Waals surface area contributed by atoms with Crippen molar-refractivity contribution in [2.45, 2.75) is 45.1 Å². The van der Waals surface area contributed by atoms with Crippen molar-refractivity contribution >= 4 is 11.8 Å². The van der Waals surface area contributed by atoms with Crippen molar-refractivity contribution in [3.8, 4) is 11.1 Å². The van der Waals surface area contributed by atoms with Crippen molar-refractivity contribution < 1.29 is 14.0 Å². The molecule has 0 saturated carbocycles. The minimum absolute atomic E-state index is 0.0507. The van der Waals surface area contributed by atoms with Gasteiger partial charge >= 0.3 is 0 Å². The summed E-state index contributed by atoms with van der Waals surface area (Å²) in [5, 5.41) is 9.93. The van der Waals surface area contributed by atoms with Crippen molar-refractivity contribution in [1.82, 2.24) is 20.4 Å². The second kappa shape index (κ2) is 8.33. The van der Waals surface area contributed by atoms with Crippen molar-refractivity contribution in [2.24, 2.45) is 0 Å². The molecule has 0 bridgehead atoms. The topological polar surface area (TPSA) is 78.1 Å². The quantitative estimate of drug-likeness (QED) is 0.847. The Hall–Kier alpha value is -2.70. The highest BCUT2D eigenvalue weighted by Crippen LogP contribution is 2.34. The first-order valence-corrected chi connectivity index (χ1v) is 9.37. The summed E-state index contributed by atoms with van der Waals surface area (Å²) in [4.78, 5) is 25.8. The van der Waals surface area contributed by atoms with E-state index in [1.807, 2.05) is 6.07 Å². The van der Waals surface area contributed by atoms with Gasteiger partial charge in [-0.2, -0.15) is 5.10 Å². The number of rotatable bonds is 5. The van der Waals surface area contributed by atoms with Crippen molar-refractivity contribution in [3.63, 3.8) is 0 Å². The van der Waals surface area contributed by atoms with Crippen molar-refractivity contribution in [2.75, 3.05) is 13.1 Å². The third-order valence-corrected chi connectivity index (χ3v) is 5.09. The van der Waals surface area contributed by atoms with Crippen LogP contribution in [-0.4, -0.2) is 46.0 Å². The van der Waals surface area contributed by atoms with Gasteiger partial charge in [-0.15, -0.1) is 0 Å². The van der Waals surface area contributed by atoms with Gasteiger partial charge in [0.1, 0.15) is 11.9 Å². The normalized spacial score (nSPS) is 16.2. The molecule has 144 valence electrons. The van der Waals surface area contributed by atoms with E-state index in [2.05, 4.69) is 15.5 Å². The van der Waals surface area contributed by atoms with Crippen LogP contribution < -0.4 is 5.32 Å². The second-order valence-corrected chi connectivity index (χ2v) is 6.95. The number of aromatic amines is 1. The van der Waals surface area contributed by atoms with Crippen LogP contribution in [0.15, 0.2) is 30.5 Å². The lowest BCUT2D eigenvalue weighted by Gasteiger charge is -2.33. The number of aromatic nitrogens is 2. The smallest absolute Gasteiger partial charge is 0.244 e. The minimum atomic E-state index is -0.510. The minimum Gasteiger partial charge on any atom is -0.345 e. The highest BCUT2D eigenvalue weighted by atomic mass is 19.1. The van der Waals surface area contributed by atoms with E-state index in [-0.39, 0.29) is 23.5 Å². The van der Waals surface area contributed by atoms with Gasteiger partial charge in [-0.3, -0.25) is 14.7 Å². The predicted octanol–water partition coefficient (Wildman–Crippen LogP) is 2.84. The fourth-order valence-corrected chi connectivity index (χ4v) is 3.56. The number of nitrogens with one attached hydrogen (secondary N) is 2. The average Bonchev–Trinajstić information content (AvgIpc) is 3.17. The average molecular weight is 372 g/mol. The van der Waals surface area contributed by atoms with E-state index >= 15 is 0 Å². The molecule has 27 heavy (non-hydrogen) atoms. The van der Waals surface area contributed by atoms with Gasteiger partial charge in [0.25, 0.3) is 0 Å². The summed E-state index contributed by atoms with van der Waals surface area (Å²) >= 11 is 0. The molecule has 7 heteroatoms. The number of piperidine rings is 1. The molecule has 3 rings (SSSR count). The van der Waals surface area contributed by atoms with Crippen LogP contribution in [0.5, 0.6) is 0 Å². The number of halogens is 1. The summed E-state index contributed by atoms with van der Waals surface area (Å²) in [6, 6.07) is 5.98. The molecule has 1 atom stereocenters. The van der Waals surface area contributed by atoms with Gasteiger partial charge in [0, 0.05) is 36.7 Å². The van der Waals surface area contributed by atoms with Crippen LogP contribution in [-0.2, 0) is 9.59 Å². The van der Waals surface area contributed by atoms with E-state index in [4.69, 9.17) is 0 Å². The Morgan fingerprint density at radius 2 is 2.11 bits per heavy atom. The molecule has 1 unspecified atom stereocenters. The van der Waals surface area contributed by atoms with E-state index in [9.17, 15) is 14.0 Å². The molecule has 1 aromatic heterocycles. The monoisotopic (exact) mass is 372 g/mol. The maximum Gasteiger partial charge on any atom is 0.244 e. The maximum absolute atomic E-state index is 13.6. The molecule has 2 amide bonds. The van der Waals surface area contributed by atoms with Crippen LogP contribution in [0.2, 0.25) is 0 Å². The molecular formula is C20H25FN4O2. The van der Waals surface area contributed by atoms with Crippen LogP contribution in [0.3, 0.4) is 0 Å². The lowest BCUT2D eigenvalue weighted by atomic mass is 9.89. The van der Waals surface area contributed by atoms with Gasteiger partial charge in [0.2, 0.25) is 11.8 Å². The Morgan fingerprint density at radius 1 is 1.37 bits per heavy atom. The maximum atomic E-state index is 13.6. The van der Waals surface area contributed by atoms with Crippen molar-refractivity contribution in [1.29, 1.82) is 0 Å². The number of H-pyrrole nitrogens is 1. The first-order chi connectivity index (χ1) is 13.0. The Bertz CT molecular complexity index is 812. The van der Waals surface area contributed by atoms with Gasteiger partial charge in [0.05, 0.1) is 6.20 Å². The summed E-state index contributed by atoms with van der Waals surface area (Å²) in [5.41, 5.74) is 2.69. The summed E-state index contributed by atoms with van der Waals surface area (Å²) in [5.74, 6) is -0.216. The number of benzene rings is 1. The number of carbonyl (C=O) groups is 2. The van der Waals surface area contributed by atoms with Gasteiger partial charge in [-0.1, -0.05) is 19.1 Å². The van der Waals surface area contributed by atoms with Gasteiger partial charge < -0.3 is 10.2 Å². The lowest BCUT2D eigenvalue weighted by Crippen LogP contribution is -2.49. The number of likely N-dealkylation sites (tertiary alicyclic amines) is 1. The summed E-state index contributed by atoms with van der Waals surface area (Å²) < 4.78 is 13.6. The van der Waals surface area contributed by atoms with E-state index < -0.39 is 6.04 Å². The Morgan fingerprint density at radius 3 is 2.78 bits per heavy atom. The largest absolute Gasteiger partial charge is 0.345 e.